The van der Waals surface area contributed by atoms with Gasteiger partial charge in [-0.25, -0.2) is 4.79 Å². The van der Waals surface area contributed by atoms with E-state index in [1.165, 1.54) is 4.90 Å². The molecule has 0 saturated carbocycles. The van der Waals surface area contributed by atoms with Gasteiger partial charge in [-0.1, -0.05) is 36.4 Å². The van der Waals surface area contributed by atoms with Gasteiger partial charge >= 0.3 is 5.97 Å². The Hall–Kier alpha value is -4.11. The Kier molecular flexibility index (Phi) is 7.17. The fourth-order valence-electron chi connectivity index (χ4n) is 2.74. The first-order chi connectivity index (χ1) is 14.7. The number of ether oxygens (including phenoxy) is 2. The van der Waals surface area contributed by atoms with Gasteiger partial charge in [-0.05, 0) is 48.5 Å². The molecule has 3 aromatic carbocycles. The third-order valence-electron chi connectivity index (χ3n) is 4.21. The topological polar surface area (TPSA) is 79.6 Å². The molecule has 0 aliphatic heterocycles. The summed E-state index contributed by atoms with van der Waals surface area (Å²) >= 11 is 0. The third-order valence-corrected chi connectivity index (χ3v) is 4.21. The molecular formula is C24H20N2O4. The van der Waals surface area contributed by atoms with E-state index in [9.17, 15) is 9.59 Å². The van der Waals surface area contributed by atoms with Crippen LogP contribution in [0.4, 0.5) is 5.69 Å². The lowest BCUT2D eigenvalue weighted by Gasteiger charge is -2.21. The van der Waals surface area contributed by atoms with E-state index in [4.69, 9.17) is 14.7 Å². The quantitative estimate of drug-likeness (QED) is 0.517. The molecule has 6 heteroatoms. The summed E-state index contributed by atoms with van der Waals surface area (Å²) in [6.45, 7) is -0.191. The van der Waals surface area contributed by atoms with Gasteiger partial charge in [-0.15, -0.1) is 0 Å². The van der Waals surface area contributed by atoms with Crippen molar-refractivity contribution in [3.8, 4) is 17.6 Å². The second-order valence-corrected chi connectivity index (χ2v) is 6.30. The molecule has 6 nitrogen and oxygen atoms in total. The smallest absolute Gasteiger partial charge is 0.338 e. The van der Waals surface area contributed by atoms with E-state index in [1.54, 1.807) is 48.5 Å². The fraction of sp³-hybridized carbons (Fsp3) is 0.125. The number of hydrogen-bond donors (Lipinski definition) is 0. The number of anilines is 1. The van der Waals surface area contributed by atoms with Gasteiger partial charge in [-0.2, -0.15) is 5.26 Å². The largest absolute Gasteiger partial charge is 0.457 e. The molecule has 3 rings (SSSR count). The maximum Gasteiger partial charge on any atom is 0.338 e. The van der Waals surface area contributed by atoms with Crippen LogP contribution in [0, 0.1) is 11.3 Å². The summed E-state index contributed by atoms with van der Waals surface area (Å²) in [5, 5.41) is 8.84. The highest BCUT2D eigenvalue weighted by molar-refractivity contribution is 5.97. The molecule has 0 aliphatic rings. The molecule has 0 saturated heterocycles. The molecule has 0 aliphatic carbocycles. The van der Waals surface area contributed by atoms with E-state index >= 15 is 0 Å². The van der Waals surface area contributed by atoms with Crippen molar-refractivity contribution in [1.82, 2.24) is 0 Å². The first-order valence-electron chi connectivity index (χ1n) is 9.40. The van der Waals surface area contributed by atoms with Crippen molar-refractivity contribution in [3.63, 3.8) is 0 Å². The summed E-state index contributed by atoms with van der Waals surface area (Å²) < 4.78 is 10.9. The number of nitrogens with zero attached hydrogens (tertiary/aromatic N) is 2. The fourth-order valence-corrected chi connectivity index (χ4v) is 2.74. The molecular weight excluding hydrogens is 380 g/mol. The second-order valence-electron chi connectivity index (χ2n) is 6.30. The maximum absolute atomic E-state index is 12.6. The number of amides is 1. The molecule has 0 fully saturated rings. The van der Waals surface area contributed by atoms with Crippen LogP contribution in [-0.4, -0.2) is 25.0 Å². The third kappa shape index (κ3) is 5.69. The zero-order valence-electron chi connectivity index (χ0n) is 16.2. The Morgan fingerprint density at radius 2 is 1.43 bits per heavy atom. The SMILES string of the molecule is N#CCCN(C(=O)COC(=O)c1ccc(Oc2ccccc2)cc1)c1ccccc1. The number of nitriles is 1. The van der Waals surface area contributed by atoms with Crippen molar-refractivity contribution >= 4 is 17.6 Å². The van der Waals surface area contributed by atoms with E-state index in [0.717, 1.165) is 0 Å². The highest BCUT2D eigenvalue weighted by Crippen LogP contribution is 2.21. The normalized spacial score (nSPS) is 9.97. The number of esters is 1. The van der Waals surface area contributed by atoms with Gasteiger partial charge in [0.2, 0.25) is 0 Å². The molecule has 3 aromatic rings. The van der Waals surface area contributed by atoms with Gasteiger partial charge in [0.05, 0.1) is 18.1 Å². The molecule has 150 valence electrons. The van der Waals surface area contributed by atoms with Crippen molar-refractivity contribution in [2.45, 2.75) is 6.42 Å². The van der Waals surface area contributed by atoms with Gasteiger partial charge < -0.3 is 14.4 Å². The molecule has 0 atom stereocenters. The number of hydrogen-bond acceptors (Lipinski definition) is 5. The van der Waals surface area contributed by atoms with Crippen LogP contribution in [0.2, 0.25) is 0 Å². The van der Waals surface area contributed by atoms with Crippen molar-refractivity contribution in [2.24, 2.45) is 0 Å². The summed E-state index contributed by atoms with van der Waals surface area (Å²) in [5.41, 5.74) is 0.961. The molecule has 0 bridgehead atoms. The highest BCUT2D eigenvalue weighted by Gasteiger charge is 2.18. The average molecular weight is 400 g/mol. The molecule has 0 heterocycles. The van der Waals surface area contributed by atoms with Crippen LogP contribution in [-0.2, 0) is 9.53 Å². The Bertz CT molecular complexity index is 1010. The van der Waals surface area contributed by atoms with Crippen molar-refractivity contribution < 1.29 is 19.1 Å². The van der Waals surface area contributed by atoms with Crippen LogP contribution in [0.5, 0.6) is 11.5 Å². The van der Waals surface area contributed by atoms with Crippen LogP contribution in [0.1, 0.15) is 16.8 Å². The molecule has 0 unspecified atom stereocenters. The summed E-state index contributed by atoms with van der Waals surface area (Å²) in [5.74, 6) is 0.272. The van der Waals surface area contributed by atoms with Crippen LogP contribution in [0.3, 0.4) is 0 Å². The van der Waals surface area contributed by atoms with E-state index in [-0.39, 0.29) is 13.0 Å². The van der Waals surface area contributed by atoms with Crippen molar-refractivity contribution in [3.05, 3.63) is 90.5 Å². The lowest BCUT2D eigenvalue weighted by molar-refractivity contribution is -0.121. The summed E-state index contributed by atoms with van der Waals surface area (Å²) in [7, 11) is 0. The van der Waals surface area contributed by atoms with E-state index in [2.05, 4.69) is 0 Å². The van der Waals surface area contributed by atoms with E-state index < -0.39 is 18.5 Å². The Labute approximate surface area is 174 Å². The average Bonchev–Trinajstić information content (AvgIpc) is 2.79. The lowest BCUT2D eigenvalue weighted by Crippen LogP contribution is -2.35. The maximum atomic E-state index is 12.6. The number of rotatable bonds is 8. The van der Waals surface area contributed by atoms with Crippen molar-refractivity contribution in [2.75, 3.05) is 18.1 Å². The van der Waals surface area contributed by atoms with Gasteiger partial charge in [0, 0.05) is 12.2 Å². The summed E-state index contributed by atoms with van der Waals surface area (Å²) in [4.78, 5) is 26.3. The second kappa shape index (κ2) is 10.4. The molecule has 0 aromatic heterocycles. The number of para-hydroxylation sites is 2. The van der Waals surface area contributed by atoms with Crippen LogP contribution >= 0.6 is 0 Å². The predicted octanol–water partition coefficient (Wildman–Crippen LogP) is 4.58. The molecule has 1 amide bonds. The number of carbonyl (C=O) groups excluding carboxylic acids is 2. The minimum absolute atomic E-state index is 0.178. The zero-order chi connectivity index (χ0) is 21.2. The predicted molar refractivity (Wildman–Crippen MR) is 112 cm³/mol. The van der Waals surface area contributed by atoms with Crippen LogP contribution < -0.4 is 9.64 Å². The molecule has 0 N–H and O–H groups in total. The number of benzene rings is 3. The van der Waals surface area contributed by atoms with Gasteiger partial charge in [0.25, 0.3) is 5.91 Å². The van der Waals surface area contributed by atoms with E-state index in [1.807, 2.05) is 42.5 Å². The first-order valence-corrected chi connectivity index (χ1v) is 9.40. The lowest BCUT2D eigenvalue weighted by atomic mass is 10.2. The monoisotopic (exact) mass is 400 g/mol. The minimum Gasteiger partial charge on any atom is -0.457 e. The number of carbonyl (C=O) groups is 2. The Morgan fingerprint density at radius 3 is 2.07 bits per heavy atom. The van der Waals surface area contributed by atoms with Crippen molar-refractivity contribution in [1.29, 1.82) is 5.26 Å². The highest BCUT2D eigenvalue weighted by atomic mass is 16.5. The van der Waals surface area contributed by atoms with Gasteiger partial charge in [-0.3, -0.25) is 4.79 Å². The zero-order valence-corrected chi connectivity index (χ0v) is 16.2. The standard InChI is InChI=1S/C24H20N2O4/c25-16-7-17-26(20-8-3-1-4-9-20)23(27)18-29-24(28)19-12-14-22(15-13-19)30-21-10-5-2-6-11-21/h1-6,8-15H,7,17-18H2. The first kappa shape index (κ1) is 20.6. The molecule has 30 heavy (non-hydrogen) atoms. The minimum atomic E-state index is -0.608. The Balaban J connectivity index is 1.58. The molecule has 0 spiro atoms. The van der Waals surface area contributed by atoms with E-state index in [0.29, 0.717) is 22.7 Å². The van der Waals surface area contributed by atoms with Gasteiger partial charge in [0.15, 0.2) is 6.61 Å². The summed E-state index contributed by atoms with van der Waals surface area (Å²) in [6, 6.07) is 26.8. The summed E-state index contributed by atoms with van der Waals surface area (Å²) in [6.07, 6.45) is 0.178. The Morgan fingerprint density at radius 1 is 0.833 bits per heavy atom. The molecule has 0 radical (unpaired) electrons. The van der Waals surface area contributed by atoms with Crippen LogP contribution in [0.15, 0.2) is 84.9 Å². The van der Waals surface area contributed by atoms with Gasteiger partial charge in [0.1, 0.15) is 11.5 Å². The van der Waals surface area contributed by atoms with Crippen LogP contribution in [0.25, 0.3) is 0 Å².